The summed E-state index contributed by atoms with van der Waals surface area (Å²) in [5.74, 6) is -0.196. The number of carbonyl (C=O) groups is 1. The summed E-state index contributed by atoms with van der Waals surface area (Å²) in [5.41, 5.74) is 1.24. The van der Waals surface area contributed by atoms with Crippen LogP contribution in [0, 0.1) is 0 Å². The van der Waals surface area contributed by atoms with Crippen molar-refractivity contribution in [2.45, 2.75) is 25.9 Å². The molecule has 0 saturated heterocycles. The van der Waals surface area contributed by atoms with E-state index in [1.807, 2.05) is 24.3 Å². The average molecular weight is 368 g/mol. The second-order valence-electron chi connectivity index (χ2n) is 4.75. The minimum absolute atomic E-state index is 0.196. The zero-order valence-corrected chi connectivity index (χ0v) is 14.5. The summed E-state index contributed by atoms with van der Waals surface area (Å²) in [6.07, 6.45) is 0.348. The fourth-order valence-electron chi connectivity index (χ4n) is 2.02. The van der Waals surface area contributed by atoms with Crippen LogP contribution in [0.5, 0.6) is 0 Å². The van der Waals surface area contributed by atoms with Gasteiger partial charge in [-0.1, -0.05) is 34.1 Å². The monoisotopic (exact) mass is 367 g/mol. The third-order valence-corrected chi connectivity index (χ3v) is 5.03. The maximum Gasteiger partial charge on any atom is 0.310 e. The van der Waals surface area contributed by atoms with Crippen LogP contribution < -0.4 is 5.32 Å². The Bertz CT molecular complexity index is 612. The first-order valence-corrected chi connectivity index (χ1v) is 8.33. The van der Waals surface area contributed by atoms with Crippen LogP contribution in [0.25, 0.3) is 0 Å². The van der Waals surface area contributed by atoms with Gasteiger partial charge in [0.25, 0.3) is 0 Å². The first kappa shape index (κ1) is 16.2. The van der Waals surface area contributed by atoms with Gasteiger partial charge in [0, 0.05) is 26.8 Å². The van der Waals surface area contributed by atoms with Gasteiger partial charge in [0.1, 0.15) is 0 Å². The molecule has 1 aromatic heterocycles. The van der Waals surface area contributed by atoms with Gasteiger partial charge in [0.15, 0.2) is 0 Å². The summed E-state index contributed by atoms with van der Waals surface area (Å²) in [7, 11) is 1.41. The van der Waals surface area contributed by atoms with Crippen LogP contribution >= 0.6 is 27.3 Å². The molecule has 2 rings (SSSR count). The van der Waals surface area contributed by atoms with Crippen molar-refractivity contribution < 1.29 is 9.53 Å². The largest absolute Gasteiger partial charge is 0.469 e. The van der Waals surface area contributed by atoms with Crippen molar-refractivity contribution in [1.29, 1.82) is 0 Å². The number of carbonyl (C=O) groups excluding carboxylic acids is 1. The van der Waals surface area contributed by atoms with Crippen LogP contribution in [0.3, 0.4) is 0 Å². The Labute approximate surface area is 137 Å². The van der Waals surface area contributed by atoms with Gasteiger partial charge >= 0.3 is 5.97 Å². The Morgan fingerprint density at radius 3 is 2.71 bits per heavy atom. The smallest absolute Gasteiger partial charge is 0.310 e. The molecule has 5 heteroatoms. The highest BCUT2D eigenvalue weighted by molar-refractivity contribution is 9.10. The minimum atomic E-state index is -0.196. The number of halogens is 1. The van der Waals surface area contributed by atoms with E-state index in [9.17, 15) is 4.79 Å². The molecule has 1 N–H and O–H groups in total. The van der Waals surface area contributed by atoms with E-state index in [-0.39, 0.29) is 12.0 Å². The Kier molecular flexibility index (Phi) is 5.96. The molecule has 0 unspecified atom stereocenters. The lowest BCUT2D eigenvalue weighted by molar-refractivity contribution is -0.139. The lowest BCUT2D eigenvalue weighted by Gasteiger charge is -2.15. The van der Waals surface area contributed by atoms with E-state index in [1.165, 1.54) is 17.6 Å². The van der Waals surface area contributed by atoms with Crippen molar-refractivity contribution in [3.05, 3.63) is 56.2 Å². The Morgan fingerprint density at radius 2 is 2.00 bits per heavy atom. The van der Waals surface area contributed by atoms with E-state index in [2.05, 4.69) is 45.0 Å². The molecule has 0 aliphatic rings. The predicted octanol–water partition coefficient (Wildman–Crippen LogP) is 4.08. The highest BCUT2D eigenvalue weighted by atomic mass is 79.9. The molecule has 0 amide bonds. The number of methoxy groups -OCH3 is 1. The predicted molar refractivity (Wildman–Crippen MR) is 89.4 cm³/mol. The molecule has 2 aromatic rings. The summed E-state index contributed by atoms with van der Waals surface area (Å²) in [4.78, 5) is 13.5. The average Bonchev–Trinajstić information content (AvgIpc) is 2.92. The molecule has 0 bridgehead atoms. The van der Waals surface area contributed by atoms with Crippen molar-refractivity contribution in [2.24, 2.45) is 0 Å². The lowest BCUT2D eigenvalue weighted by Crippen LogP contribution is -2.17. The number of hydrogen-bond donors (Lipinski definition) is 1. The van der Waals surface area contributed by atoms with Crippen LogP contribution in [0.1, 0.15) is 28.3 Å². The van der Waals surface area contributed by atoms with Crippen LogP contribution in [-0.4, -0.2) is 13.1 Å². The molecule has 0 aliphatic carbocycles. The maximum atomic E-state index is 11.2. The first-order chi connectivity index (χ1) is 10.1. The van der Waals surface area contributed by atoms with Crippen molar-refractivity contribution in [3.63, 3.8) is 0 Å². The molecular weight excluding hydrogens is 350 g/mol. The van der Waals surface area contributed by atoms with Gasteiger partial charge in [-0.3, -0.25) is 4.79 Å². The molecule has 0 aliphatic heterocycles. The van der Waals surface area contributed by atoms with E-state index in [4.69, 9.17) is 0 Å². The van der Waals surface area contributed by atoms with E-state index >= 15 is 0 Å². The highest BCUT2D eigenvalue weighted by Crippen LogP contribution is 2.24. The van der Waals surface area contributed by atoms with Crippen LogP contribution in [-0.2, 0) is 22.5 Å². The van der Waals surface area contributed by atoms with Gasteiger partial charge in [0.2, 0.25) is 0 Å². The van der Waals surface area contributed by atoms with Crippen molar-refractivity contribution >= 4 is 33.2 Å². The number of ether oxygens (including phenoxy) is 1. The molecule has 0 spiro atoms. The maximum absolute atomic E-state index is 11.2. The number of esters is 1. The van der Waals surface area contributed by atoms with Gasteiger partial charge in [-0.25, -0.2) is 0 Å². The van der Waals surface area contributed by atoms with Gasteiger partial charge in [0.05, 0.1) is 13.5 Å². The molecule has 1 atom stereocenters. The Hall–Kier alpha value is -1.17. The minimum Gasteiger partial charge on any atom is -0.469 e. The summed E-state index contributed by atoms with van der Waals surface area (Å²) in [5, 5.41) is 3.50. The molecule has 0 saturated carbocycles. The van der Waals surface area contributed by atoms with Gasteiger partial charge in [-0.2, -0.15) is 0 Å². The lowest BCUT2D eigenvalue weighted by atomic mass is 10.1. The van der Waals surface area contributed by atoms with E-state index in [0.29, 0.717) is 6.42 Å². The summed E-state index contributed by atoms with van der Waals surface area (Å²) < 4.78 is 5.79. The van der Waals surface area contributed by atoms with Crippen molar-refractivity contribution in [2.75, 3.05) is 7.11 Å². The number of nitrogens with one attached hydrogen (secondary N) is 1. The third-order valence-electron chi connectivity index (χ3n) is 3.22. The Balaban J connectivity index is 1.91. The molecular formula is C16H18BrNO2S. The second kappa shape index (κ2) is 7.73. The standard InChI is InChI=1S/C16H18BrNO2S/c1-11(14-5-3-4-6-15(14)17)18-10-13-8-7-12(21-13)9-16(19)20-2/h3-8,11,18H,9-10H2,1-2H3/t11-/m0/s1. The normalized spacial score (nSPS) is 12.1. The fourth-order valence-corrected chi connectivity index (χ4v) is 3.60. The summed E-state index contributed by atoms with van der Waals surface area (Å²) in [6, 6.07) is 12.5. The van der Waals surface area contributed by atoms with Gasteiger partial charge in [-0.15, -0.1) is 11.3 Å². The van der Waals surface area contributed by atoms with Crippen molar-refractivity contribution in [1.82, 2.24) is 5.32 Å². The number of thiophene rings is 1. The molecule has 1 heterocycles. The van der Waals surface area contributed by atoms with Gasteiger partial charge < -0.3 is 10.1 Å². The van der Waals surface area contributed by atoms with Crippen LogP contribution in [0.15, 0.2) is 40.9 Å². The molecule has 21 heavy (non-hydrogen) atoms. The zero-order chi connectivity index (χ0) is 15.2. The molecule has 0 radical (unpaired) electrons. The topological polar surface area (TPSA) is 38.3 Å². The third kappa shape index (κ3) is 4.66. The number of benzene rings is 1. The molecule has 112 valence electrons. The fraction of sp³-hybridized carbons (Fsp3) is 0.312. The van der Waals surface area contributed by atoms with Crippen molar-refractivity contribution in [3.8, 4) is 0 Å². The van der Waals surface area contributed by atoms with E-state index < -0.39 is 0 Å². The van der Waals surface area contributed by atoms with E-state index in [1.54, 1.807) is 11.3 Å². The molecule has 0 fully saturated rings. The van der Waals surface area contributed by atoms with Crippen LogP contribution in [0.4, 0.5) is 0 Å². The quantitative estimate of drug-likeness (QED) is 0.781. The second-order valence-corrected chi connectivity index (χ2v) is 6.85. The zero-order valence-electron chi connectivity index (χ0n) is 12.1. The molecule has 3 nitrogen and oxygen atoms in total. The van der Waals surface area contributed by atoms with Gasteiger partial charge in [-0.05, 0) is 30.7 Å². The number of rotatable bonds is 6. The SMILES string of the molecule is COC(=O)Cc1ccc(CN[C@@H](C)c2ccccc2Br)s1. The van der Waals surface area contributed by atoms with Crippen LogP contribution in [0.2, 0.25) is 0 Å². The van der Waals surface area contributed by atoms with E-state index in [0.717, 1.165) is 15.9 Å². The summed E-state index contributed by atoms with van der Waals surface area (Å²) in [6.45, 7) is 2.93. The summed E-state index contributed by atoms with van der Waals surface area (Å²) >= 11 is 5.22. The highest BCUT2D eigenvalue weighted by Gasteiger charge is 2.10. The molecule has 1 aromatic carbocycles. The Morgan fingerprint density at radius 1 is 1.29 bits per heavy atom. The number of hydrogen-bond acceptors (Lipinski definition) is 4. The first-order valence-electron chi connectivity index (χ1n) is 6.72.